The van der Waals surface area contributed by atoms with Gasteiger partial charge >= 0.3 is 0 Å². The second kappa shape index (κ2) is 15.4. The average molecular weight is 889 g/mol. The van der Waals surface area contributed by atoms with Gasteiger partial charge in [-0.3, -0.25) is 0 Å². The van der Waals surface area contributed by atoms with Crippen LogP contribution in [0.4, 0.5) is 34.1 Å². The lowest BCUT2D eigenvalue weighted by Crippen LogP contribution is -2.15. The minimum absolute atomic E-state index is 0.00307. The van der Waals surface area contributed by atoms with Gasteiger partial charge in [0.15, 0.2) is 0 Å². The summed E-state index contributed by atoms with van der Waals surface area (Å²) in [7, 11) is 0. The summed E-state index contributed by atoms with van der Waals surface area (Å²) >= 11 is 3.79. The maximum atomic E-state index is 2.59. The van der Waals surface area contributed by atoms with Gasteiger partial charge in [-0.05, 0) is 105 Å². The molecule has 0 fully saturated rings. The van der Waals surface area contributed by atoms with Gasteiger partial charge in [-0.2, -0.15) is 0 Å². The standard InChI is InChI=1S/C62H52N2S2/c1-37(2)39-16-12-18-44(34-39)63(52-24-14-22-48-46-20-8-10-26-56(46)65-60(48)52)54-36-55(51-31-29-42-33-43(62(5,6)7)32-41-28-30-50(54)59(51)58(41)42)64(45-19-13-17-40(35-45)38(3)4)53-25-15-23-49-47-21-9-11-27-57(47)66-61(49)53/h8-38H,1-7H3. The Labute approximate surface area is 395 Å². The average Bonchev–Trinajstić information content (AvgIpc) is 3.91. The number of benzene rings is 10. The monoisotopic (exact) mass is 888 g/mol. The molecule has 0 saturated heterocycles. The summed E-state index contributed by atoms with van der Waals surface area (Å²) in [5, 5.41) is 12.8. The van der Waals surface area contributed by atoms with Crippen LogP contribution in [0, 0.1) is 0 Å². The smallest absolute Gasteiger partial charge is 0.0640 e. The summed E-state index contributed by atoms with van der Waals surface area (Å²) in [5.74, 6) is 0.734. The maximum absolute atomic E-state index is 2.59. The second-order valence-electron chi connectivity index (χ2n) is 19.7. The topological polar surface area (TPSA) is 6.48 Å². The van der Waals surface area contributed by atoms with E-state index in [0.29, 0.717) is 11.8 Å². The molecular formula is C62H52N2S2. The van der Waals surface area contributed by atoms with Crippen LogP contribution in [0.3, 0.4) is 0 Å². The fraction of sp³-hybridized carbons (Fsp3) is 0.161. The number of hydrogen-bond donors (Lipinski definition) is 0. The minimum atomic E-state index is 0.00307. The van der Waals surface area contributed by atoms with Crippen molar-refractivity contribution in [1.29, 1.82) is 0 Å². The van der Waals surface area contributed by atoms with Gasteiger partial charge in [0, 0.05) is 58.5 Å². The van der Waals surface area contributed by atoms with Crippen molar-refractivity contribution in [1.82, 2.24) is 0 Å². The van der Waals surface area contributed by atoms with Crippen molar-refractivity contribution in [3.8, 4) is 0 Å². The summed E-state index contributed by atoms with van der Waals surface area (Å²) in [6.07, 6.45) is 0. The molecule has 2 aromatic heterocycles. The molecule has 0 N–H and O–H groups in total. The van der Waals surface area contributed by atoms with Crippen molar-refractivity contribution in [3.63, 3.8) is 0 Å². The Kier molecular flexibility index (Phi) is 9.54. The molecule has 0 aliphatic heterocycles. The molecule has 0 amide bonds. The summed E-state index contributed by atoms with van der Waals surface area (Å²) in [5.41, 5.74) is 11.0. The van der Waals surface area contributed by atoms with Gasteiger partial charge < -0.3 is 9.80 Å². The number of fused-ring (bicyclic) bond motifs is 6. The number of nitrogens with zero attached hydrogens (tertiary/aromatic N) is 2. The van der Waals surface area contributed by atoms with Crippen LogP contribution >= 0.6 is 22.7 Å². The first-order valence-corrected chi connectivity index (χ1v) is 25.0. The third-order valence-electron chi connectivity index (χ3n) is 13.9. The van der Waals surface area contributed by atoms with E-state index < -0.39 is 0 Å². The van der Waals surface area contributed by atoms with Gasteiger partial charge in [0.25, 0.3) is 0 Å². The van der Waals surface area contributed by atoms with E-state index in [-0.39, 0.29) is 5.41 Å². The zero-order valence-electron chi connectivity index (χ0n) is 38.6. The maximum Gasteiger partial charge on any atom is 0.0640 e. The van der Waals surface area contributed by atoms with E-state index >= 15 is 0 Å². The molecule has 2 nitrogen and oxygen atoms in total. The van der Waals surface area contributed by atoms with E-state index in [0.717, 1.165) is 22.7 Å². The van der Waals surface area contributed by atoms with Gasteiger partial charge in [-0.25, -0.2) is 0 Å². The van der Waals surface area contributed by atoms with Crippen LogP contribution in [0.15, 0.2) is 176 Å². The molecule has 0 unspecified atom stereocenters. The van der Waals surface area contributed by atoms with Crippen LogP contribution in [-0.4, -0.2) is 0 Å². The predicted octanol–water partition coefficient (Wildman–Crippen LogP) is 19.8. The van der Waals surface area contributed by atoms with Crippen molar-refractivity contribution in [2.75, 3.05) is 9.80 Å². The minimum Gasteiger partial charge on any atom is -0.308 e. The molecule has 66 heavy (non-hydrogen) atoms. The van der Waals surface area contributed by atoms with E-state index in [1.165, 1.54) is 101 Å². The number of rotatable bonds is 8. The lowest BCUT2D eigenvalue weighted by atomic mass is 9.83. The quantitative estimate of drug-likeness (QED) is 0.140. The third kappa shape index (κ3) is 6.48. The van der Waals surface area contributed by atoms with Crippen LogP contribution in [0.5, 0.6) is 0 Å². The first-order chi connectivity index (χ1) is 32.0. The van der Waals surface area contributed by atoms with E-state index in [1.807, 2.05) is 22.7 Å². The molecule has 10 aromatic carbocycles. The van der Waals surface area contributed by atoms with Crippen LogP contribution in [0.1, 0.15) is 77.0 Å². The molecule has 0 bridgehead atoms. The van der Waals surface area contributed by atoms with Gasteiger partial charge in [0.05, 0.1) is 32.1 Å². The van der Waals surface area contributed by atoms with Gasteiger partial charge in [-0.15, -0.1) is 22.7 Å². The van der Waals surface area contributed by atoms with Crippen LogP contribution < -0.4 is 9.80 Å². The molecule has 12 aromatic rings. The van der Waals surface area contributed by atoms with E-state index in [9.17, 15) is 0 Å². The molecule has 322 valence electrons. The zero-order chi connectivity index (χ0) is 45.0. The largest absolute Gasteiger partial charge is 0.308 e. The third-order valence-corrected chi connectivity index (χ3v) is 16.3. The Hall–Kier alpha value is -6.72. The Morgan fingerprint density at radius 3 is 1.27 bits per heavy atom. The summed E-state index contributed by atoms with van der Waals surface area (Å²) in [6, 6.07) is 67.1. The molecule has 0 saturated carbocycles. The summed E-state index contributed by atoms with van der Waals surface area (Å²) < 4.78 is 5.17. The summed E-state index contributed by atoms with van der Waals surface area (Å²) in [4.78, 5) is 5.17. The highest BCUT2D eigenvalue weighted by Crippen LogP contribution is 2.54. The van der Waals surface area contributed by atoms with Gasteiger partial charge in [-0.1, -0.05) is 170 Å². The molecule has 0 spiro atoms. The fourth-order valence-corrected chi connectivity index (χ4v) is 12.8. The normalized spacial score (nSPS) is 12.4. The van der Waals surface area contributed by atoms with Gasteiger partial charge in [0.1, 0.15) is 0 Å². The lowest BCUT2D eigenvalue weighted by Gasteiger charge is -2.33. The Morgan fingerprint density at radius 1 is 0.379 bits per heavy atom. The predicted molar refractivity (Wildman–Crippen MR) is 292 cm³/mol. The van der Waals surface area contributed by atoms with Crippen molar-refractivity contribution in [2.24, 2.45) is 0 Å². The Morgan fingerprint density at radius 2 is 0.818 bits per heavy atom. The Bertz CT molecular complexity index is 3600. The van der Waals surface area contributed by atoms with Crippen LogP contribution in [0.2, 0.25) is 0 Å². The van der Waals surface area contributed by atoms with E-state index in [1.54, 1.807) is 0 Å². The highest BCUT2D eigenvalue weighted by molar-refractivity contribution is 7.26. The molecule has 0 aliphatic carbocycles. The number of anilines is 6. The summed E-state index contributed by atoms with van der Waals surface area (Å²) in [6.45, 7) is 16.2. The van der Waals surface area contributed by atoms with Gasteiger partial charge in [0.2, 0.25) is 0 Å². The van der Waals surface area contributed by atoms with Crippen LogP contribution in [-0.2, 0) is 5.41 Å². The van der Waals surface area contributed by atoms with Crippen molar-refractivity contribution in [3.05, 3.63) is 193 Å². The molecule has 0 aliphatic rings. The number of hydrogen-bond acceptors (Lipinski definition) is 4. The molecular weight excluding hydrogens is 837 g/mol. The molecule has 0 radical (unpaired) electrons. The second-order valence-corrected chi connectivity index (χ2v) is 21.8. The first-order valence-electron chi connectivity index (χ1n) is 23.4. The molecule has 2 heterocycles. The molecule has 12 rings (SSSR count). The Balaban J connectivity index is 1.26. The van der Waals surface area contributed by atoms with E-state index in [2.05, 4.69) is 234 Å². The first kappa shape index (κ1) is 40.8. The van der Waals surface area contributed by atoms with Crippen molar-refractivity contribution >= 4 is 129 Å². The fourth-order valence-electron chi connectivity index (χ4n) is 10.4. The van der Waals surface area contributed by atoms with E-state index in [4.69, 9.17) is 0 Å². The zero-order valence-corrected chi connectivity index (χ0v) is 40.2. The SMILES string of the molecule is CC(C)c1cccc(N(c2cc(N(c3cccc(C(C)C)c3)c3cccc4c3sc3ccccc34)c3ccc4cc(C(C)(C)C)cc5ccc2c3c54)c2cccc3c2sc2ccccc23)c1. The lowest BCUT2D eigenvalue weighted by molar-refractivity contribution is 0.591. The molecule has 4 heteroatoms. The molecule has 0 atom stereocenters. The highest BCUT2D eigenvalue weighted by atomic mass is 32.1. The number of thiophene rings is 2. The van der Waals surface area contributed by atoms with Crippen molar-refractivity contribution < 1.29 is 0 Å². The highest BCUT2D eigenvalue weighted by Gasteiger charge is 2.28. The van der Waals surface area contributed by atoms with Crippen molar-refractivity contribution in [2.45, 2.75) is 65.7 Å². The van der Waals surface area contributed by atoms with Crippen LogP contribution in [0.25, 0.3) is 72.7 Å².